The number of anilines is 3. The third kappa shape index (κ3) is 5.25. The molecule has 1 aromatic heterocycles. The molecule has 0 unspecified atom stereocenters. The van der Waals surface area contributed by atoms with Crippen molar-refractivity contribution in [2.45, 2.75) is 33.7 Å². The zero-order valence-corrected chi connectivity index (χ0v) is 18.0. The molecule has 0 aliphatic carbocycles. The first-order valence-electron chi connectivity index (χ1n) is 9.73. The highest BCUT2D eigenvalue weighted by molar-refractivity contribution is 6.30. The highest BCUT2D eigenvalue weighted by Crippen LogP contribution is 2.29. The van der Waals surface area contributed by atoms with Gasteiger partial charge in [-0.25, -0.2) is 4.98 Å². The van der Waals surface area contributed by atoms with Crippen LogP contribution in [0.5, 0.6) is 0 Å². The summed E-state index contributed by atoms with van der Waals surface area (Å²) in [6.07, 6.45) is 0. The first kappa shape index (κ1) is 21.1. The molecule has 1 atom stereocenters. The maximum absolute atomic E-state index is 9.70. The van der Waals surface area contributed by atoms with Gasteiger partial charge in [0.2, 0.25) is 5.95 Å². The second-order valence-electron chi connectivity index (χ2n) is 7.55. The number of aromatic nitrogens is 2. The van der Waals surface area contributed by atoms with Crippen LogP contribution in [0.15, 0.2) is 48.5 Å². The number of nitrogens with zero attached hydrogens (tertiary/aromatic N) is 2. The van der Waals surface area contributed by atoms with Gasteiger partial charge in [0.25, 0.3) is 0 Å². The van der Waals surface area contributed by atoms with Crippen molar-refractivity contribution in [3.05, 3.63) is 64.7 Å². The Kier molecular flexibility index (Phi) is 6.72. The molecular formula is C23H27ClN4O. The monoisotopic (exact) mass is 410 g/mol. The lowest BCUT2D eigenvalue weighted by Gasteiger charge is -2.21. The van der Waals surface area contributed by atoms with Crippen molar-refractivity contribution in [1.82, 2.24) is 9.97 Å². The highest BCUT2D eigenvalue weighted by Gasteiger charge is 2.16. The predicted octanol–water partition coefficient (Wildman–Crippen LogP) is 5.59. The third-order valence-electron chi connectivity index (χ3n) is 4.86. The molecule has 0 saturated carbocycles. The smallest absolute Gasteiger partial charge is 0.225 e. The van der Waals surface area contributed by atoms with Crippen molar-refractivity contribution in [2.24, 2.45) is 5.92 Å². The minimum Gasteiger partial charge on any atom is -0.394 e. The number of rotatable bonds is 7. The summed E-state index contributed by atoms with van der Waals surface area (Å²) in [6.45, 7) is 8.14. The van der Waals surface area contributed by atoms with E-state index in [2.05, 4.69) is 34.4 Å². The van der Waals surface area contributed by atoms with E-state index in [0.29, 0.717) is 16.8 Å². The minimum atomic E-state index is -0.132. The summed E-state index contributed by atoms with van der Waals surface area (Å²) in [7, 11) is 0. The van der Waals surface area contributed by atoms with Crippen LogP contribution in [0, 0.1) is 19.8 Å². The molecule has 0 fully saturated rings. The van der Waals surface area contributed by atoms with Gasteiger partial charge in [0.15, 0.2) is 0 Å². The molecule has 29 heavy (non-hydrogen) atoms. The van der Waals surface area contributed by atoms with E-state index >= 15 is 0 Å². The van der Waals surface area contributed by atoms with Crippen molar-refractivity contribution in [3.63, 3.8) is 0 Å². The van der Waals surface area contributed by atoms with Crippen LogP contribution in [0.25, 0.3) is 11.3 Å². The zero-order chi connectivity index (χ0) is 21.0. The Balaban J connectivity index is 2.03. The molecule has 1 heterocycles. The second-order valence-corrected chi connectivity index (χ2v) is 7.98. The molecule has 2 aromatic carbocycles. The number of hydrogen-bond acceptors (Lipinski definition) is 5. The molecule has 0 amide bonds. The van der Waals surface area contributed by atoms with Gasteiger partial charge >= 0.3 is 0 Å². The van der Waals surface area contributed by atoms with Gasteiger partial charge in [0.05, 0.1) is 18.3 Å². The van der Waals surface area contributed by atoms with E-state index in [9.17, 15) is 5.11 Å². The third-order valence-corrected chi connectivity index (χ3v) is 5.08. The number of halogens is 1. The summed E-state index contributed by atoms with van der Waals surface area (Å²) in [5.74, 6) is 1.39. The van der Waals surface area contributed by atoms with Crippen molar-refractivity contribution in [1.29, 1.82) is 0 Å². The van der Waals surface area contributed by atoms with Gasteiger partial charge < -0.3 is 15.7 Å². The molecule has 152 valence electrons. The second kappa shape index (κ2) is 9.25. The van der Waals surface area contributed by atoms with Crippen molar-refractivity contribution >= 4 is 29.1 Å². The lowest BCUT2D eigenvalue weighted by atomic mass is 10.1. The fourth-order valence-electron chi connectivity index (χ4n) is 3.16. The highest BCUT2D eigenvalue weighted by atomic mass is 35.5. The topological polar surface area (TPSA) is 70.1 Å². The van der Waals surface area contributed by atoms with Crippen molar-refractivity contribution in [2.75, 3.05) is 17.2 Å². The van der Waals surface area contributed by atoms with E-state index < -0.39 is 0 Å². The molecule has 0 spiro atoms. The van der Waals surface area contributed by atoms with Gasteiger partial charge in [-0.15, -0.1) is 0 Å². The van der Waals surface area contributed by atoms with E-state index in [1.54, 1.807) is 0 Å². The molecule has 0 saturated heterocycles. The molecule has 6 heteroatoms. The van der Waals surface area contributed by atoms with Gasteiger partial charge in [-0.2, -0.15) is 4.98 Å². The normalized spacial score (nSPS) is 12.1. The lowest BCUT2D eigenvalue weighted by Crippen LogP contribution is -2.30. The van der Waals surface area contributed by atoms with Crippen LogP contribution < -0.4 is 10.6 Å². The van der Waals surface area contributed by atoms with Gasteiger partial charge in [-0.3, -0.25) is 0 Å². The SMILES string of the molecule is Cc1cc(Cl)cc(C)c1Nc1cc(-c2ccccc2)nc(N[C@H](CO)C(C)C)n1. The minimum absolute atomic E-state index is 0.00868. The van der Waals surface area contributed by atoms with Crippen LogP contribution in [0.3, 0.4) is 0 Å². The van der Waals surface area contributed by atoms with Crippen molar-refractivity contribution < 1.29 is 5.11 Å². The summed E-state index contributed by atoms with van der Waals surface area (Å²) in [6, 6.07) is 15.6. The Morgan fingerprint density at radius 2 is 1.66 bits per heavy atom. The molecule has 3 rings (SSSR count). The maximum atomic E-state index is 9.70. The average molecular weight is 411 g/mol. The summed E-state index contributed by atoms with van der Waals surface area (Å²) < 4.78 is 0. The average Bonchev–Trinajstić information content (AvgIpc) is 2.69. The first-order valence-corrected chi connectivity index (χ1v) is 10.1. The first-order chi connectivity index (χ1) is 13.9. The van der Waals surface area contributed by atoms with E-state index in [-0.39, 0.29) is 18.6 Å². The fourth-order valence-corrected chi connectivity index (χ4v) is 3.48. The van der Waals surface area contributed by atoms with E-state index in [4.69, 9.17) is 11.6 Å². The Morgan fingerprint density at radius 1 is 1.00 bits per heavy atom. The Morgan fingerprint density at radius 3 is 2.24 bits per heavy atom. The lowest BCUT2D eigenvalue weighted by molar-refractivity contribution is 0.248. The zero-order valence-electron chi connectivity index (χ0n) is 17.2. The Bertz CT molecular complexity index is 953. The van der Waals surface area contributed by atoms with Crippen LogP contribution in [0.1, 0.15) is 25.0 Å². The largest absolute Gasteiger partial charge is 0.394 e. The number of aliphatic hydroxyl groups excluding tert-OH is 1. The quantitative estimate of drug-likeness (QED) is 0.473. The Labute approximate surface area is 177 Å². The number of aliphatic hydroxyl groups is 1. The summed E-state index contributed by atoms with van der Waals surface area (Å²) >= 11 is 6.17. The van der Waals surface area contributed by atoms with Gasteiger partial charge in [0, 0.05) is 22.3 Å². The van der Waals surface area contributed by atoms with Gasteiger partial charge in [-0.1, -0.05) is 55.8 Å². The molecule has 3 aromatic rings. The standard InChI is InChI=1S/C23H27ClN4O/c1-14(2)20(13-29)26-23-25-19(17-8-6-5-7-9-17)12-21(28-23)27-22-15(3)10-18(24)11-16(22)4/h5-12,14,20,29H,13H2,1-4H3,(H2,25,26,27,28)/t20-/m1/s1. The predicted molar refractivity (Wildman–Crippen MR) is 121 cm³/mol. The summed E-state index contributed by atoms with van der Waals surface area (Å²) in [5.41, 5.74) is 4.85. The maximum Gasteiger partial charge on any atom is 0.225 e. The number of benzene rings is 2. The van der Waals surface area contributed by atoms with E-state index in [1.807, 2.05) is 62.4 Å². The number of hydrogen-bond donors (Lipinski definition) is 3. The van der Waals surface area contributed by atoms with Crippen LogP contribution in [-0.2, 0) is 0 Å². The van der Waals surface area contributed by atoms with Crippen LogP contribution in [0.2, 0.25) is 5.02 Å². The molecule has 0 aliphatic heterocycles. The van der Waals surface area contributed by atoms with E-state index in [1.165, 1.54) is 0 Å². The fraction of sp³-hybridized carbons (Fsp3) is 0.304. The van der Waals surface area contributed by atoms with Gasteiger partial charge in [-0.05, 0) is 43.0 Å². The van der Waals surface area contributed by atoms with Crippen molar-refractivity contribution in [3.8, 4) is 11.3 Å². The molecular weight excluding hydrogens is 384 g/mol. The summed E-state index contributed by atoms with van der Waals surface area (Å²) in [4.78, 5) is 9.33. The van der Waals surface area contributed by atoms with Crippen LogP contribution >= 0.6 is 11.6 Å². The van der Waals surface area contributed by atoms with Crippen LogP contribution in [-0.4, -0.2) is 27.7 Å². The Hall–Kier alpha value is -2.63. The molecule has 0 radical (unpaired) electrons. The van der Waals surface area contributed by atoms with E-state index in [0.717, 1.165) is 28.1 Å². The summed E-state index contributed by atoms with van der Waals surface area (Å²) in [5, 5.41) is 17.1. The van der Waals surface area contributed by atoms with Crippen LogP contribution in [0.4, 0.5) is 17.5 Å². The molecule has 0 aliphatic rings. The number of aryl methyl sites for hydroxylation is 2. The molecule has 5 nitrogen and oxygen atoms in total. The van der Waals surface area contributed by atoms with Gasteiger partial charge in [0.1, 0.15) is 5.82 Å². The number of nitrogens with one attached hydrogen (secondary N) is 2. The molecule has 0 bridgehead atoms. The molecule has 3 N–H and O–H groups in total.